The van der Waals surface area contributed by atoms with Crippen molar-refractivity contribution in [1.29, 1.82) is 0 Å². The Balaban J connectivity index is 1.87. The lowest BCUT2D eigenvalue weighted by atomic mass is 9.94. The van der Waals surface area contributed by atoms with Crippen LogP contribution >= 0.6 is 0 Å². The number of H-pyrrole nitrogens is 1. The molecule has 5 nitrogen and oxygen atoms in total. The molecule has 3 N–H and O–H groups in total. The van der Waals surface area contributed by atoms with Gasteiger partial charge in [-0.15, -0.1) is 0 Å². The Morgan fingerprint density at radius 1 is 1.25 bits per heavy atom. The summed E-state index contributed by atoms with van der Waals surface area (Å²) in [5, 5.41) is 0. The lowest BCUT2D eigenvalue weighted by Gasteiger charge is -2.35. The highest BCUT2D eigenvalue weighted by Gasteiger charge is 2.28. The van der Waals surface area contributed by atoms with Crippen LogP contribution in [0.15, 0.2) is 10.9 Å². The molecule has 0 unspecified atom stereocenters. The van der Waals surface area contributed by atoms with Crippen LogP contribution in [0.4, 0.5) is 5.82 Å². The van der Waals surface area contributed by atoms with E-state index in [-0.39, 0.29) is 5.56 Å². The van der Waals surface area contributed by atoms with Gasteiger partial charge in [-0.25, -0.2) is 4.98 Å². The van der Waals surface area contributed by atoms with E-state index in [1.54, 1.807) is 6.07 Å². The van der Waals surface area contributed by atoms with Crippen molar-refractivity contribution in [2.45, 2.75) is 56.9 Å². The first kappa shape index (κ1) is 13.6. The summed E-state index contributed by atoms with van der Waals surface area (Å²) in [6.45, 7) is 1.38. The van der Waals surface area contributed by atoms with Gasteiger partial charge in [0.25, 0.3) is 5.56 Å². The summed E-state index contributed by atoms with van der Waals surface area (Å²) in [5.74, 6) is 2.16. The Kier molecular flexibility index (Phi) is 4.05. The molecule has 1 aromatic rings. The van der Waals surface area contributed by atoms with Crippen LogP contribution in [0.3, 0.4) is 0 Å². The van der Waals surface area contributed by atoms with E-state index >= 15 is 0 Å². The summed E-state index contributed by atoms with van der Waals surface area (Å²) in [5.41, 5.74) is 5.73. The van der Waals surface area contributed by atoms with Gasteiger partial charge in [0.1, 0.15) is 11.6 Å². The minimum Gasteiger partial charge on any atom is -0.352 e. The molecule has 0 bridgehead atoms. The Bertz CT molecular complexity index is 503. The first-order valence-electron chi connectivity index (χ1n) is 7.86. The Hall–Kier alpha value is -1.36. The predicted molar refractivity (Wildman–Crippen MR) is 80.1 cm³/mol. The fraction of sp³-hybridized carbons (Fsp3) is 0.733. The van der Waals surface area contributed by atoms with E-state index < -0.39 is 0 Å². The highest BCUT2D eigenvalue weighted by Crippen LogP contribution is 2.38. The molecule has 2 aliphatic rings. The zero-order valence-corrected chi connectivity index (χ0v) is 12.0. The fourth-order valence-corrected chi connectivity index (χ4v) is 3.18. The van der Waals surface area contributed by atoms with Crippen molar-refractivity contribution < 1.29 is 0 Å². The third-order valence-electron chi connectivity index (χ3n) is 4.39. The zero-order valence-electron chi connectivity index (χ0n) is 12.0. The Morgan fingerprint density at radius 2 is 2.00 bits per heavy atom. The molecule has 3 rings (SSSR count). The molecule has 5 heteroatoms. The number of aromatic nitrogens is 2. The quantitative estimate of drug-likeness (QED) is 0.859. The van der Waals surface area contributed by atoms with Gasteiger partial charge < -0.3 is 15.6 Å². The first-order chi connectivity index (χ1) is 9.78. The van der Waals surface area contributed by atoms with Gasteiger partial charge in [-0.1, -0.05) is 19.3 Å². The summed E-state index contributed by atoms with van der Waals surface area (Å²) < 4.78 is 0. The summed E-state index contributed by atoms with van der Waals surface area (Å²) in [6, 6.07) is 2.13. The average molecular weight is 276 g/mol. The van der Waals surface area contributed by atoms with Crippen molar-refractivity contribution in [3.05, 3.63) is 22.2 Å². The lowest BCUT2D eigenvalue weighted by Crippen LogP contribution is -2.41. The summed E-state index contributed by atoms with van der Waals surface area (Å²) >= 11 is 0. The largest absolute Gasteiger partial charge is 0.352 e. The zero-order chi connectivity index (χ0) is 13.9. The highest BCUT2D eigenvalue weighted by atomic mass is 16.1. The van der Waals surface area contributed by atoms with Crippen LogP contribution in [-0.2, 0) is 0 Å². The second kappa shape index (κ2) is 5.95. The van der Waals surface area contributed by atoms with Crippen LogP contribution in [0.5, 0.6) is 0 Å². The van der Waals surface area contributed by atoms with E-state index in [1.807, 2.05) is 0 Å². The molecule has 0 spiro atoms. The maximum atomic E-state index is 11.9. The molecule has 0 atom stereocenters. The lowest BCUT2D eigenvalue weighted by molar-refractivity contribution is 0.413. The number of nitrogens with two attached hydrogens (primary N) is 1. The first-order valence-corrected chi connectivity index (χ1v) is 7.86. The van der Waals surface area contributed by atoms with Crippen molar-refractivity contribution in [3.63, 3.8) is 0 Å². The van der Waals surface area contributed by atoms with Crippen molar-refractivity contribution >= 4 is 5.82 Å². The maximum Gasteiger partial charge on any atom is 0.252 e. The topological polar surface area (TPSA) is 75.0 Å². The van der Waals surface area contributed by atoms with E-state index in [2.05, 4.69) is 9.88 Å². The van der Waals surface area contributed by atoms with Crippen LogP contribution < -0.4 is 16.2 Å². The molecule has 2 fully saturated rings. The Morgan fingerprint density at radius 3 is 2.65 bits per heavy atom. The number of aromatic amines is 1. The number of hydrogen-bond acceptors (Lipinski definition) is 4. The van der Waals surface area contributed by atoms with Crippen molar-refractivity contribution in [3.8, 4) is 0 Å². The molecule has 110 valence electrons. The van der Waals surface area contributed by atoms with Crippen molar-refractivity contribution in [2.24, 2.45) is 5.73 Å². The third kappa shape index (κ3) is 3.03. The molecule has 1 aromatic heterocycles. The standard InChI is InChI=1S/C15H24N4O/c16-8-9-19(12-4-2-1-3-5-12)13-10-14(20)18-15(17-13)11-6-7-11/h10-12H,1-9,16H2,(H,17,18,20). The number of rotatable bonds is 5. The van der Waals surface area contributed by atoms with Crippen LogP contribution in [0.25, 0.3) is 0 Å². The molecular formula is C15H24N4O. The van der Waals surface area contributed by atoms with E-state index in [4.69, 9.17) is 10.7 Å². The smallest absolute Gasteiger partial charge is 0.252 e. The molecule has 0 amide bonds. The number of hydrogen-bond donors (Lipinski definition) is 2. The van der Waals surface area contributed by atoms with Gasteiger partial charge in [0.05, 0.1) is 0 Å². The molecule has 0 aromatic carbocycles. The van der Waals surface area contributed by atoms with Gasteiger partial charge in [-0.2, -0.15) is 0 Å². The summed E-state index contributed by atoms with van der Waals surface area (Å²) in [7, 11) is 0. The van der Waals surface area contributed by atoms with Crippen LogP contribution in [0.2, 0.25) is 0 Å². The second-order valence-electron chi connectivity index (χ2n) is 6.04. The minimum atomic E-state index is -0.0327. The Labute approximate surface area is 119 Å². The number of nitrogens with zero attached hydrogens (tertiary/aromatic N) is 2. The van der Waals surface area contributed by atoms with E-state index in [0.717, 1.165) is 31.0 Å². The molecule has 0 aliphatic heterocycles. The molecular weight excluding hydrogens is 252 g/mol. The predicted octanol–water partition coefficient (Wildman–Crippen LogP) is 1.75. The van der Waals surface area contributed by atoms with Crippen LogP contribution in [0.1, 0.15) is 56.7 Å². The summed E-state index contributed by atoms with van der Waals surface area (Å²) in [6.07, 6.45) is 8.53. The van der Waals surface area contributed by atoms with Gasteiger partial charge in [-0.3, -0.25) is 4.79 Å². The van der Waals surface area contributed by atoms with Crippen LogP contribution in [0, 0.1) is 0 Å². The van der Waals surface area contributed by atoms with Crippen LogP contribution in [-0.4, -0.2) is 29.1 Å². The molecule has 2 aliphatic carbocycles. The fourth-order valence-electron chi connectivity index (χ4n) is 3.18. The van der Waals surface area contributed by atoms with E-state index in [0.29, 0.717) is 18.5 Å². The molecule has 2 saturated carbocycles. The van der Waals surface area contributed by atoms with Crippen molar-refractivity contribution in [1.82, 2.24) is 9.97 Å². The molecule has 0 radical (unpaired) electrons. The second-order valence-corrected chi connectivity index (χ2v) is 6.04. The van der Waals surface area contributed by atoms with Gasteiger partial charge in [-0.05, 0) is 25.7 Å². The van der Waals surface area contributed by atoms with E-state index in [9.17, 15) is 4.79 Å². The van der Waals surface area contributed by atoms with Crippen molar-refractivity contribution in [2.75, 3.05) is 18.0 Å². The molecule has 1 heterocycles. The third-order valence-corrected chi connectivity index (χ3v) is 4.39. The summed E-state index contributed by atoms with van der Waals surface area (Å²) in [4.78, 5) is 21.7. The monoisotopic (exact) mass is 276 g/mol. The number of anilines is 1. The normalized spacial score (nSPS) is 20.1. The average Bonchev–Trinajstić information content (AvgIpc) is 3.29. The SMILES string of the molecule is NCCN(c1cc(=O)[nH]c(C2CC2)n1)C1CCCCC1. The van der Waals surface area contributed by atoms with Gasteiger partial charge in [0.2, 0.25) is 0 Å². The maximum absolute atomic E-state index is 11.9. The number of nitrogens with one attached hydrogen (secondary N) is 1. The van der Waals surface area contributed by atoms with Gasteiger partial charge >= 0.3 is 0 Å². The molecule has 0 saturated heterocycles. The van der Waals surface area contributed by atoms with E-state index in [1.165, 1.54) is 32.1 Å². The van der Waals surface area contributed by atoms with Gasteiger partial charge in [0, 0.05) is 31.1 Å². The highest BCUT2D eigenvalue weighted by molar-refractivity contribution is 5.40. The van der Waals surface area contributed by atoms with Gasteiger partial charge in [0.15, 0.2) is 0 Å². The molecule has 20 heavy (non-hydrogen) atoms. The minimum absolute atomic E-state index is 0.0327.